The lowest BCUT2D eigenvalue weighted by atomic mass is 9.91. The maximum atomic E-state index is 11.6. The van der Waals surface area contributed by atoms with Crippen LogP contribution in [0.25, 0.3) is 0 Å². The van der Waals surface area contributed by atoms with E-state index < -0.39 is 0 Å². The zero-order chi connectivity index (χ0) is 11.9. The number of carbonyl (C=O) groups is 1. The molecule has 1 rings (SSSR count). The van der Waals surface area contributed by atoms with Gasteiger partial charge in [0.15, 0.2) is 0 Å². The zero-order valence-corrected chi connectivity index (χ0v) is 10.6. The van der Waals surface area contributed by atoms with E-state index in [9.17, 15) is 4.79 Å². The average Bonchev–Trinajstić information content (AvgIpc) is 1.99. The molecule has 1 heterocycles. The van der Waals surface area contributed by atoms with Crippen LogP contribution in [0.1, 0.15) is 41.5 Å². The van der Waals surface area contributed by atoms with Gasteiger partial charge in [0.1, 0.15) is 0 Å². The molecule has 0 aliphatic carbocycles. The van der Waals surface area contributed by atoms with Gasteiger partial charge in [-0.05, 0) is 20.8 Å². The molecule has 0 radical (unpaired) electrons. The Hall–Kier alpha value is -0.990. The van der Waals surface area contributed by atoms with E-state index in [4.69, 9.17) is 0 Å². The van der Waals surface area contributed by atoms with E-state index in [1.807, 2.05) is 0 Å². The summed E-state index contributed by atoms with van der Waals surface area (Å²) in [5.74, 6) is 0.0809. The molecular weight excluding hydrogens is 188 g/mol. The Morgan fingerprint density at radius 3 is 2.13 bits per heavy atom. The average molecular weight is 210 g/mol. The highest BCUT2D eigenvalue weighted by atomic mass is 16.2. The van der Waals surface area contributed by atoms with Gasteiger partial charge in [-0.2, -0.15) is 0 Å². The third kappa shape index (κ3) is 2.98. The predicted octanol–water partition coefficient (Wildman–Crippen LogP) is 2.10. The Balaban J connectivity index is 2.99. The van der Waals surface area contributed by atoms with E-state index in [2.05, 4.69) is 58.0 Å². The number of hydrogen-bond donors (Lipinski definition) is 1. The summed E-state index contributed by atoms with van der Waals surface area (Å²) < 4.78 is 0. The number of allylic oxidation sites excluding steroid dienone is 1. The van der Waals surface area contributed by atoms with Crippen LogP contribution in [0.4, 0.5) is 0 Å². The largest absolute Gasteiger partial charge is 0.362 e. The van der Waals surface area contributed by atoms with Crippen molar-refractivity contribution in [3.8, 4) is 0 Å². The van der Waals surface area contributed by atoms with Crippen LogP contribution in [0.5, 0.6) is 0 Å². The van der Waals surface area contributed by atoms with Crippen LogP contribution >= 0.6 is 0 Å². The van der Waals surface area contributed by atoms with Crippen LogP contribution in [-0.4, -0.2) is 22.9 Å². The molecule has 0 aromatic heterocycles. The van der Waals surface area contributed by atoms with Crippen molar-refractivity contribution in [2.75, 3.05) is 6.54 Å². The monoisotopic (exact) mass is 210 g/mol. The molecule has 1 N–H and O–H groups in total. The van der Waals surface area contributed by atoms with Gasteiger partial charge in [0.05, 0.1) is 6.54 Å². The second kappa shape index (κ2) is 3.54. The number of rotatable bonds is 0. The molecule has 15 heavy (non-hydrogen) atoms. The smallest absolute Gasteiger partial charge is 0.243 e. The standard InChI is InChI=1S/C12H22N2O/c1-11(2,3)9-7-14(12(4,5)6)8-10(15)13-9/h7H,8H2,1-6H3,(H,13,15). The first kappa shape index (κ1) is 12.1. The number of nitrogens with one attached hydrogen (secondary N) is 1. The first-order chi connectivity index (χ1) is 6.60. The summed E-state index contributed by atoms with van der Waals surface area (Å²) in [6, 6.07) is 0. The summed E-state index contributed by atoms with van der Waals surface area (Å²) in [4.78, 5) is 13.7. The summed E-state index contributed by atoms with van der Waals surface area (Å²) in [6.45, 7) is 13.1. The van der Waals surface area contributed by atoms with E-state index in [1.54, 1.807) is 0 Å². The predicted molar refractivity (Wildman–Crippen MR) is 62.1 cm³/mol. The number of carbonyl (C=O) groups excluding carboxylic acids is 1. The third-order valence-corrected chi connectivity index (χ3v) is 2.54. The van der Waals surface area contributed by atoms with Gasteiger partial charge in [-0.1, -0.05) is 20.8 Å². The van der Waals surface area contributed by atoms with E-state index >= 15 is 0 Å². The van der Waals surface area contributed by atoms with Crippen LogP contribution in [0.15, 0.2) is 11.9 Å². The van der Waals surface area contributed by atoms with Gasteiger partial charge >= 0.3 is 0 Å². The Kier molecular flexibility index (Phi) is 2.85. The molecule has 1 amide bonds. The quantitative estimate of drug-likeness (QED) is 0.664. The molecule has 0 atom stereocenters. The summed E-state index contributed by atoms with van der Waals surface area (Å²) in [5.41, 5.74) is 0.974. The highest BCUT2D eigenvalue weighted by Gasteiger charge is 2.29. The zero-order valence-electron chi connectivity index (χ0n) is 10.6. The lowest BCUT2D eigenvalue weighted by Gasteiger charge is -2.40. The molecule has 86 valence electrons. The fraction of sp³-hybridized carbons (Fsp3) is 0.750. The van der Waals surface area contributed by atoms with Crippen molar-refractivity contribution in [2.45, 2.75) is 47.1 Å². The fourth-order valence-corrected chi connectivity index (χ4v) is 1.39. The highest BCUT2D eigenvalue weighted by Crippen LogP contribution is 2.27. The molecule has 0 aromatic rings. The summed E-state index contributed by atoms with van der Waals surface area (Å²) in [7, 11) is 0. The molecule has 0 bridgehead atoms. The maximum Gasteiger partial charge on any atom is 0.243 e. The topological polar surface area (TPSA) is 32.3 Å². The van der Waals surface area contributed by atoms with Gasteiger partial charge in [-0.15, -0.1) is 0 Å². The lowest BCUT2D eigenvalue weighted by molar-refractivity contribution is -0.123. The Morgan fingerprint density at radius 1 is 1.20 bits per heavy atom. The molecule has 0 saturated heterocycles. The molecule has 3 heteroatoms. The molecule has 0 fully saturated rings. The first-order valence-electron chi connectivity index (χ1n) is 5.39. The van der Waals surface area contributed by atoms with E-state index in [0.29, 0.717) is 6.54 Å². The third-order valence-electron chi connectivity index (χ3n) is 2.54. The molecule has 0 unspecified atom stereocenters. The minimum absolute atomic E-state index is 0.00569. The van der Waals surface area contributed by atoms with Crippen molar-refractivity contribution in [1.29, 1.82) is 0 Å². The van der Waals surface area contributed by atoms with E-state index in [-0.39, 0.29) is 16.9 Å². The van der Waals surface area contributed by atoms with Crippen LogP contribution in [-0.2, 0) is 4.79 Å². The van der Waals surface area contributed by atoms with E-state index in [0.717, 1.165) is 5.70 Å². The van der Waals surface area contributed by atoms with Crippen molar-refractivity contribution in [1.82, 2.24) is 10.2 Å². The van der Waals surface area contributed by atoms with Crippen LogP contribution < -0.4 is 5.32 Å². The second-order valence-electron chi connectivity index (χ2n) is 6.14. The van der Waals surface area contributed by atoms with Gasteiger partial charge in [0, 0.05) is 22.9 Å². The number of nitrogens with zero attached hydrogens (tertiary/aromatic N) is 1. The molecule has 0 saturated carbocycles. The number of amides is 1. The van der Waals surface area contributed by atoms with Crippen molar-refractivity contribution in [3.63, 3.8) is 0 Å². The summed E-state index contributed by atoms with van der Waals surface area (Å²) >= 11 is 0. The Bertz CT molecular complexity index is 292. The number of hydrogen-bond acceptors (Lipinski definition) is 2. The van der Waals surface area contributed by atoms with E-state index in [1.165, 1.54) is 0 Å². The molecular formula is C12H22N2O. The molecule has 0 aromatic carbocycles. The minimum atomic E-state index is -0.0143. The second-order valence-corrected chi connectivity index (χ2v) is 6.14. The van der Waals surface area contributed by atoms with Crippen LogP contribution in [0.3, 0.4) is 0 Å². The first-order valence-corrected chi connectivity index (χ1v) is 5.39. The van der Waals surface area contributed by atoms with Crippen molar-refractivity contribution in [2.24, 2.45) is 5.41 Å². The fourth-order valence-electron chi connectivity index (χ4n) is 1.39. The van der Waals surface area contributed by atoms with Crippen molar-refractivity contribution in [3.05, 3.63) is 11.9 Å². The molecule has 0 spiro atoms. The molecule has 1 aliphatic rings. The van der Waals surface area contributed by atoms with Crippen LogP contribution in [0.2, 0.25) is 0 Å². The van der Waals surface area contributed by atoms with Gasteiger partial charge in [-0.25, -0.2) is 0 Å². The van der Waals surface area contributed by atoms with Gasteiger partial charge < -0.3 is 10.2 Å². The molecule has 1 aliphatic heterocycles. The van der Waals surface area contributed by atoms with Crippen LogP contribution in [0, 0.1) is 5.41 Å². The van der Waals surface area contributed by atoms with Gasteiger partial charge in [-0.3, -0.25) is 4.79 Å². The normalized spacial score (nSPS) is 18.7. The Labute approximate surface area is 92.5 Å². The summed E-state index contributed by atoms with van der Waals surface area (Å²) in [6.07, 6.45) is 2.07. The lowest BCUT2D eigenvalue weighted by Crippen LogP contribution is -2.49. The summed E-state index contributed by atoms with van der Waals surface area (Å²) in [5, 5.41) is 2.94. The molecule has 3 nitrogen and oxygen atoms in total. The SMILES string of the molecule is CC(C)(C)C1=CN(C(C)(C)C)CC(=O)N1. The van der Waals surface area contributed by atoms with Gasteiger partial charge in [0.25, 0.3) is 0 Å². The maximum absolute atomic E-state index is 11.6. The van der Waals surface area contributed by atoms with Gasteiger partial charge in [0.2, 0.25) is 5.91 Å². The Morgan fingerprint density at radius 2 is 1.73 bits per heavy atom. The van der Waals surface area contributed by atoms with Crippen molar-refractivity contribution >= 4 is 5.91 Å². The minimum Gasteiger partial charge on any atom is -0.362 e. The van der Waals surface area contributed by atoms with Crippen molar-refractivity contribution < 1.29 is 4.79 Å². The highest BCUT2D eigenvalue weighted by molar-refractivity contribution is 5.81.